The van der Waals surface area contributed by atoms with Gasteiger partial charge in [-0.2, -0.15) is 0 Å². The highest BCUT2D eigenvalue weighted by molar-refractivity contribution is 7.99. The van der Waals surface area contributed by atoms with Crippen LogP contribution in [0.2, 0.25) is 0 Å². The Morgan fingerprint density at radius 2 is 1.89 bits per heavy atom. The van der Waals surface area contributed by atoms with Crippen LogP contribution in [-0.4, -0.2) is 57.9 Å². The summed E-state index contributed by atoms with van der Waals surface area (Å²) in [6.07, 6.45) is 8.24. The maximum atomic E-state index is 11.5. The van der Waals surface area contributed by atoms with Crippen molar-refractivity contribution >= 4 is 30.3 Å². The van der Waals surface area contributed by atoms with Crippen molar-refractivity contribution in [2.45, 2.75) is 76.7 Å². The van der Waals surface area contributed by atoms with Crippen molar-refractivity contribution in [2.24, 2.45) is 5.92 Å². The Labute approximate surface area is 173 Å². The van der Waals surface area contributed by atoms with Crippen LogP contribution in [0, 0.1) is 5.92 Å². The predicted octanol–water partition coefficient (Wildman–Crippen LogP) is 2.91. The number of rotatable bonds is 6. The lowest BCUT2D eigenvalue weighted by Crippen LogP contribution is -2.41. The van der Waals surface area contributed by atoms with Gasteiger partial charge in [0, 0.05) is 43.6 Å². The van der Waals surface area contributed by atoms with Gasteiger partial charge in [0.25, 0.3) is 0 Å². The molecule has 2 fully saturated rings. The Morgan fingerprint density at radius 3 is 2.50 bits per heavy atom. The molecule has 2 aliphatic heterocycles. The maximum absolute atomic E-state index is 11.5. The molecule has 0 aromatic carbocycles. The van der Waals surface area contributed by atoms with Crippen LogP contribution >= 0.6 is 11.8 Å². The lowest BCUT2D eigenvalue weighted by atomic mass is 9.81. The zero-order valence-electron chi connectivity index (χ0n) is 17.7. The average Bonchev–Trinajstić information content (AvgIpc) is 2.87. The summed E-state index contributed by atoms with van der Waals surface area (Å²) in [6, 6.07) is 0. The summed E-state index contributed by atoms with van der Waals surface area (Å²) in [5.74, 6) is 1.83. The quantitative estimate of drug-likeness (QED) is 0.314. The second-order valence-corrected chi connectivity index (χ2v) is 9.91. The predicted molar refractivity (Wildman–Crippen MR) is 113 cm³/mol. The van der Waals surface area contributed by atoms with Gasteiger partial charge in [-0.25, -0.2) is 9.97 Å². The molecule has 2 aliphatic rings. The number of likely N-dealkylation sites (tertiary alicyclic amines) is 1. The molecule has 6 nitrogen and oxygen atoms in total. The highest BCUT2D eigenvalue weighted by atomic mass is 32.2. The van der Waals surface area contributed by atoms with E-state index in [2.05, 4.69) is 9.97 Å². The Kier molecular flexibility index (Phi) is 6.72. The number of piperidine rings is 1. The molecule has 1 atom stereocenters. The van der Waals surface area contributed by atoms with Crippen molar-refractivity contribution in [2.75, 3.05) is 18.8 Å². The molecule has 1 aromatic rings. The van der Waals surface area contributed by atoms with E-state index in [0.29, 0.717) is 5.92 Å². The van der Waals surface area contributed by atoms with Gasteiger partial charge in [-0.1, -0.05) is 11.8 Å². The van der Waals surface area contributed by atoms with Crippen molar-refractivity contribution in [3.8, 4) is 0 Å². The van der Waals surface area contributed by atoms with E-state index in [0.717, 1.165) is 48.7 Å². The van der Waals surface area contributed by atoms with Crippen LogP contribution in [0.3, 0.4) is 0 Å². The first kappa shape index (κ1) is 21.6. The third kappa shape index (κ3) is 5.08. The number of aromatic nitrogens is 2. The molecule has 3 rings (SSSR count). The summed E-state index contributed by atoms with van der Waals surface area (Å²) >= 11 is 1.68. The average molecular weight is 405 g/mol. The van der Waals surface area contributed by atoms with Gasteiger partial charge in [0.05, 0.1) is 11.2 Å². The normalized spacial score (nSPS) is 23.8. The SMILES string of the molecule is CC(=O)N1CCC[C@@H](CCCSc2ncc(B3OC(C)(C)C(C)(C)O3)cn2)C1. The van der Waals surface area contributed by atoms with Crippen molar-refractivity contribution in [3.63, 3.8) is 0 Å². The Bertz CT molecular complexity index is 668. The largest absolute Gasteiger partial charge is 0.498 e. The fourth-order valence-electron chi connectivity index (χ4n) is 3.62. The minimum Gasteiger partial charge on any atom is -0.399 e. The van der Waals surface area contributed by atoms with E-state index >= 15 is 0 Å². The van der Waals surface area contributed by atoms with E-state index in [-0.39, 0.29) is 17.1 Å². The first-order valence-electron chi connectivity index (χ1n) is 10.2. The third-order valence-electron chi connectivity index (χ3n) is 6.13. The molecule has 1 aromatic heterocycles. The molecule has 0 N–H and O–H groups in total. The van der Waals surface area contributed by atoms with Crippen molar-refractivity contribution in [3.05, 3.63) is 12.4 Å². The number of amides is 1. The van der Waals surface area contributed by atoms with Crippen molar-refractivity contribution in [1.82, 2.24) is 14.9 Å². The first-order valence-corrected chi connectivity index (χ1v) is 11.2. The van der Waals surface area contributed by atoms with Gasteiger partial charge in [-0.15, -0.1) is 0 Å². The summed E-state index contributed by atoms with van der Waals surface area (Å²) in [6.45, 7) is 11.7. The van der Waals surface area contributed by atoms with E-state index < -0.39 is 7.12 Å². The van der Waals surface area contributed by atoms with Crippen molar-refractivity contribution < 1.29 is 14.1 Å². The zero-order valence-corrected chi connectivity index (χ0v) is 18.6. The lowest BCUT2D eigenvalue weighted by Gasteiger charge is -2.32. The number of hydrogen-bond donors (Lipinski definition) is 0. The molecular weight excluding hydrogens is 373 g/mol. The van der Waals surface area contributed by atoms with E-state index in [1.807, 2.05) is 45.0 Å². The fourth-order valence-corrected chi connectivity index (χ4v) is 4.37. The molecule has 0 radical (unpaired) electrons. The zero-order chi connectivity index (χ0) is 20.4. The summed E-state index contributed by atoms with van der Waals surface area (Å²) in [5.41, 5.74) is 0.138. The third-order valence-corrected chi connectivity index (χ3v) is 7.09. The number of thioether (sulfide) groups is 1. The van der Waals surface area contributed by atoms with E-state index in [4.69, 9.17) is 9.31 Å². The smallest absolute Gasteiger partial charge is 0.399 e. The summed E-state index contributed by atoms with van der Waals surface area (Å²) < 4.78 is 12.1. The Morgan fingerprint density at radius 1 is 1.25 bits per heavy atom. The van der Waals surface area contributed by atoms with E-state index in [1.54, 1.807) is 18.7 Å². The molecule has 0 bridgehead atoms. The Balaban J connectivity index is 1.42. The number of nitrogens with zero attached hydrogens (tertiary/aromatic N) is 3. The summed E-state index contributed by atoms with van der Waals surface area (Å²) in [4.78, 5) is 22.5. The standard InChI is InChI=1S/C20H32BN3O3S/c1-15(25)24-10-6-8-16(14-24)9-7-11-28-18-22-12-17(13-23-18)21-26-19(2,3)20(4,5)27-21/h12-13,16H,6-11,14H2,1-5H3/t16-/m0/s1. The fraction of sp³-hybridized carbons (Fsp3) is 0.750. The summed E-state index contributed by atoms with van der Waals surface area (Å²) in [5, 5.41) is 0.786. The van der Waals surface area contributed by atoms with Gasteiger partial charge in [0.15, 0.2) is 5.16 Å². The monoisotopic (exact) mass is 405 g/mol. The maximum Gasteiger partial charge on any atom is 0.498 e. The second kappa shape index (κ2) is 8.72. The van der Waals surface area contributed by atoms with Crippen molar-refractivity contribution in [1.29, 1.82) is 0 Å². The van der Waals surface area contributed by atoms with Gasteiger partial charge in [-0.3, -0.25) is 4.79 Å². The molecule has 8 heteroatoms. The highest BCUT2D eigenvalue weighted by Crippen LogP contribution is 2.36. The lowest BCUT2D eigenvalue weighted by molar-refractivity contribution is -0.130. The Hall–Kier alpha value is -1.12. The molecule has 0 spiro atoms. The van der Waals surface area contributed by atoms with Gasteiger partial charge in [0.1, 0.15) is 0 Å². The second-order valence-electron chi connectivity index (χ2n) is 8.85. The first-order chi connectivity index (χ1) is 13.2. The minimum absolute atomic E-state index is 0.203. The molecule has 0 unspecified atom stereocenters. The topological polar surface area (TPSA) is 64.6 Å². The number of carbonyl (C=O) groups excluding carboxylic acids is 1. The minimum atomic E-state index is -0.417. The molecule has 0 aliphatic carbocycles. The highest BCUT2D eigenvalue weighted by Gasteiger charge is 2.51. The summed E-state index contributed by atoms with van der Waals surface area (Å²) in [7, 11) is -0.417. The molecule has 3 heterocycles. The van der Waals surface area contributed by atoms with Gasteiger partial charge < -0.3 is 14.2 Å². The van der Waals surface area contributed by atoms with Crippen LogP contribution in [-0.2, 0) is 14.1 Å². The van der Waals surface area contributed by atoms with Crippen LogP contribution < -0.4 is 5.46 Å². The molecule has 2 saturated heterocycles. The molecule has 154 valence electrons. The van der Waals surface area contributed by atoms with Crippen LogP contribution in [0.25, 0.3) is 0 Å². The van der Waals surface area contributed by atoms with Gasteiger partial charge in [0.2, 0.25) is 5.91 Å². The van der Waals surface area contributed by atoms with E-state index in [1.165, 1.54) is 6.42 Å². The van der Waals surface area contributed by atoms with E-state index in [9.17, 15) is 4.79 Å². The number of hydrogen-bond acceptors (Lipinski definition) is 6. The number of carbonyl (C=O) groups is 1. The molecule has 0 saturated carbocycles. The van der Waals surface area contributed by atoms with Crippen LogP contribution in [0.5, 0.6) is 0 Å². The van der Waals surface area contributed by atoms with Crippen LogP contribution in [0.4, 0.5) is 0 Å². The van der Waals surface area contributed by atoms with Crippen LogP contribution in [0.15, 0.2) is 17.6 Å². The molecule has 28 heavy (non-hydrogen) atoms. The van der Waals surface area contributed by atoms with Gasteiger partial charge >= 0.3 is 7.12 Å². The molecule has 1 amide bonds. The van der Waals surface area contributed by atoms with Crippen LogP contribution in [0.1, 0.15) is 60.3 Å². The van der Waals surface area contributed by atoms with Gasteiger partial charge in [-0.05, 0) is 59.3 Å². The molecular formula is C20H32BN3O3S.